The number of aliphatic imine (C=N–C) groups is 1. The molecule has 0 spiro atoms. The Labute approximate surface area is 129 Å². The number of rotatable bonds is 5. The molecule has 112 valence electrons. The van der Waals surface area contributed by atoms with Crippen molar-refractivity contribution in [3.8, 4) is 0 Å². The third-order valence-electron chi connectivity index (χ3n) is 3.04. The zero-order valence-corrected chi connectivity index (χ0v) is 13.3. The van der Waals surface area contributed by atoms with Gasteiger partial charge in [-0.15, -0.1) is 11.8 Å². The van der Waals surface area contributed by atoms with Crippen molar-refractivity contribution in [1.29, 1.82) is 0 Å². The van der Waals surface area contributed by atoms with Gasteiger partial charge in [-0.1, -0.05) is 17.3 Å². The van der Waals surface area contributed by atoms with Crippen LogP contribution in [-0.2, 0) is 13.1 Å². The molecule has 0 fully saturated rings. The van der Waals surface area contributed by atoms with E-state index in [0.29, 0.717) is 6.54 Å². The number of hydrogen-bond donors (Lipinski definition) is 2. The topological polar surface area (TPSA) is 62.5 Å². The first kappa shape index (κ1) is 15.4. The fourth-order valence-electron chi connectivity index (χ4n) is 1.90. The van der Waals surface area contributed by atoms with Gasteiger partial charge in [0.25, 0.3) is 0 Å². The van der Waals surface area contributed by atoms with E-state index < -0.39 is 0 Å². The van der Waals surface area contributed by atoms with Gasteiger partial charge in [-0.25, -0.2) is 0 Å². The summed E-state index contributed by atoms with van der Waals surface area (Å²) in [5.74, 6) is 0.741. The molecular formula is C15H20N4OS. The second-order valence-electron chi connectivity index (χ2n) is 4.59. The Balaban J connectivity index is 1.91. The Kier molecular flexibility index (Phi) is 5.68. The van der Waals surface area contributed by atoms with Crippen LogP contribution >= 0.6 is 11.8 Å². The number of thioether (sulfide) groups is 1. The maximum absolute atomic E-state index is 4.80. The highest BCUT2D eigenvalue weighted by atomic mass is 32.2. The fourth-order valence-corrected chi connectivity index (χ4v) is 2.61. The Bertz CT molecular complexity index is 596. The van der Waals surface area contributed by atoms with Gasteiger partial charge in [0.15, 0.2) is 5.96 Å². The maximum atomic E-state index is 4.80. The minimum Gasteiger partial charge on any atom is -0.364 e. The third kappa shape index (κ3) is 4.53. The number of nitrogens with one attached hydrogen (secondary N) is 2. The molecule has 5 nitrogen and oxygen atoms in total. The summed E-state index contributed by atoms with van der Waals surface area (Å²) in [6, 6.07) is 8.31. The molecule has 1 aromatic carbocycles. The van der Waals surface area contributed by atoms with Crippen LogP contribution in [0.4, 0.5) is 0 Å². The van der Waals surface area contributed by atoms with Crippen molar-refractivity contribution in [1.82, 2.24) is 15.8 Å². The van der Waals surface area contributed by atoms with Crippen LogP contribution in [0.2, 0.25) is 0 Å². The first-order chi connectivity index (χ1) is 10.2. The lowest BCUT2D eigenvalue weighted by Crippen LogP contribution is -2.36. The second-order valence-corrected chi connectivity index (χ2v) is 5.43. The van der Waals surface area contributed by atoms with Crippen LogP contribution in [-0.4, -0.2) is 24.4 Å². The molecule has 21 heavy (non-hydrogen) atoms. The molecule has 2 rings (SSSR count). The van der Waals surface area contributed by atoms with Crippen LogP contribution in [0.3, 0.4) is 0 Å². The van der Waals surface area contributed by atoms with E-state index in [1.165, 1.54) is 16.0 Å². The maximum Gasteiger partial charge on any atom is 0.191 e. The average Bonchev–Trinajstić information content (AvgIpc) is 3.01. The van der Waals surface area contributed by atoms with E-state index in [4.69, 9.17) is 4.52 Å². The van der Waals surface area contributed by atoms with Gasteiger partial charge in [-0.3, -0.25) is 4.99 Å². The zero-order chi connectivity index (χ0) is 15.1. The van der Waals surface area contributed by atoms with Gasteiger partial charge in [-0.05, 0) is 30.4 Å². The summed E-state index contributed by atoms with van der Waals surface area (Å²) in [5, 5.41) is 10.4. The van der Waals surface area contributed by atoms with Gasteiger partial charge in [0, 0.05) is 24.6 Å². The zero-order valence-electron chi connectivity index (χ0n) is 12.5. The summed E-state index contributed by atoms with van der Waals surface area (Å²) < 4.78 is 4.80. The van der Waals surface area contributed by atoms with E-state index in [1.54, 1.807) is 25.1 Å². The van der Waals surface area contributed by atoms with Gasteiger partial charge in [0.1, 0.15) is 12.0 Å². The van der Waals surface area contributed by atoms with E-state index in [9.17, 15) is 0 Å². The molecule has 0 atom stereocenters. The van der Waals surface area contributed by atoms with Gasteiger partial charge in [0.05, 0.1) is 6.54 Å². The van der Waals surface area contributed by atoms with Crippen LogP contribution in [0.25, 0.3) is 0 Å². The van der Waals surface area contributed by atoms with E-state index >= 15 is 0 Å². The van der Waals surface area contributed by atoms with Crippen LogP contribution in [0, 0.1) is 6.92 Å². The summed E-state index contributed by atoms with van der Waals surface area (Å²) in [4.78, 5) is 5.49. The highest BCUT2D eigenvalue weighted by Crippen LogP contribution is 2.21. The van der Waals surface area contributed by atoms with Gasteiger partial charge in [0.2, 0.25) is 0 Å². The van der Waals surface area contributed by atoms with Gasteiger partial charge >= 0.3 is 0 Å². The molecule has 0 aliphatic heterocycles. The number of hydrogen-bond acceptors (Lipinski definition) is 4. The molecular weight excluding hydrogens is 284 g/mol. The fraction of sp³-hybridized carbons (Fsp3) is 0.333. The van der Waals surface area contributed by atoms with Crippen molar-refractivity contribution in [2.24, 2.45) is 4.99 Å². The van der Waals surface area contributed by atoms with E-state index in [0.717, 1.165) is 18.2 Å². The molecule has 1 heterocycles. The molecule has 0 aliphatic carbocycles. The van der Waals surface area contributed by atoms with Crippen molar-refractivity contribution in [3.63, 3.8) is 0 Å². The summed E-state index contributed by atoms with van der Waals surface area (Å²) in [6.07, 6.45) is 3.65. The number of benzene rings is 1. The van der Waals surface area contributed by atoms with E-state index in [2.05, 4.69) is 52.2 Å². The van der Waals surface area contributed by atoms with Crippen molar-refractivity contribution in [2.45, 2.75) is 24.9 Å². The SMILES string of the molecule is CN=C(NCc1ccon1)NCc1ccc(C)cc1SC. The van der Waals surface area contributed by atoms with Crippen molar-refractivity contribution < 1.29 is 4.52 Å². The summed E-state index contributed by atoms with van der Waals surface area (Å²) in [7, 11) is 1.75. The molecule has 0 radical (unpaired) electrons. The number of aromatic nitrogens is 1. The van der Waals surface area contributed by atoms with Crippen LogP contribution < -0.4 is 10.6 Å². The number of aryl methyl sites for hydroxylation is 1. The minimum atomic E-state index is 0.583. The average molecular weight is 304 g/mol. The molecule has 0 saturated heterocycles. The molecule has 2 aromatic rings. The molecule has 1 aromatic heterocycles. The lowest BCUT2D eigenvalue weighted by atomic mass is 10.1. The third-order valence-corrected chi connectivity index (χ3v) is 3.86. The molecule has 0 amide bonds. The van der Waals surface area contributed by atoms with Crippen molar-refractivity contribution in [3.05, 3.63) is 47.3 Å². The van der Waals surface area contributed by atoms with Crippen LogP contribution in [0.1, 0.15) is 16.8 Å². The second kappa shape index (κ2) is 7.73. The van der Waals surface area contributed by atoms with Crippen molar-refractivity contribution in [2.75, 3.05) is 13.3 Å². The Morgan fingerprint density at radius 3 is 2.76 bits per heavy atom. The summed E-state index contributed by atoms with van der Waals surface area (Å²) in [5.41, 5.74) is 3.38. The number of guanidine groups is 1. The standard InChI is InChI=1S/C15H20N4OS/c1-11-4-5-12(14(8-11)21-3)9-17-15(16-2)18-10-13-6-7-20-19-13/h4-8H,9-10H2,1-3H3,(H2,16,17,18). The lowest BCUT2D eigenvalue weighted by molar-refractivity contribution is 0.410. The molecule has 2 N–H and O–H groups in total. The highest BCUT2D eigenvalue weighted by Gasteiger charge is 2.04. The summed E-state index contributed by atoms with van der Waals surface area (Å²) in [6.45, 7) is 3.42. The molecule has 0 unspecified atom stereocenters. The quantitative estimate of drug-likeness (QED) is 0.505. The predicted octanol–water partition coefficient (Wildman–Crippen LogP) is 2.57. The minimum absolute atomic E-state index is 0.583. The van der Waals surface area contributed by atoms with Gasteiger partial charge < -0.3 is 15.2 Å². The molecule has 0 aliphatic rings. The van der Waals surface area contributed by atoms with Crippen LogP contribution in [0.5, 0.6) is 0 Å². The van der Waals surface area contributed by atoms with E-state index in [-0.39, 0.29) is 0 Å². The van der Waals surface area contributed by atoms with Crippen molar-refractivity contribution >= 4 is 17.7 Å². The molecule has 0 bridgehead atoms. The first-order valence-corrected chi connectivity index (χ1v) is 7.92. The Morgan fingerprint density at radius 1 is 1.29 bits per heavy atom. The lowest BCUT2D eigenvalue weighted by Gasteiger charge is -2.13. The largest absolute Gasteiger partial charge is 0.364 e. The smallest absolute Gasteiger partial charge is 0.191 e. The van der Waals surface area contributed by atoms with Gasteiger partial charge in [-0.2, -0.15) is 0 Å². The molecule has 6 heteroatoms. The highest BCUT2D eigenvalue weighted by molar-refractivity contribution is 7.98. The normalized spacial score (nSPS) is 11.5. The monoisotopic (exact) mass is 304 g/mol. The molecule has 0 saturated carbocycles. The van der Waals surface area contributed by atoms with E-state index in [1.807, 2.05) is 6.07 Å². The van der Waals surface area contributed by atoms with Crippen LogP contribution in [0.15, 0.2) is 44.9 Å². The first-order valence-electron chi connectivity index (χ1n) is 6.70. The Hall–Kier alpha value is -1.95. The Morgan fingerprint density at radius 2 is 2.10 bits per heavy atom. The summed E-state index contributed by atoms with van der Waals surface area (Å²) >= 11 is 1.76. The predicted molar refractivity (Wildman–Crippen MR) is 86.5 cm³/mol. The number of nitrogens with zero attached hydrogens (tertiary/aromatic N) is 2.